The van der Waals surface area contributed by atoms with Crippen LogP contribution in [-0.4, -0.2) is 27.5 Å². The van der Waals surface area contributed by atoms with Gasteiger partial charge in [0.05, 0.1) is 11.8 Å². The highest BCUT2D eigenvalue weighted by Gasteiger charge is 2.26. The summed E-state index contributed by atoms with van der Waals surface area (Å²) in [7, 11) is 1.95. The molecule has 1 heterocycles. The molecule has 1 aromatic rings. The van der Waals surface area contributed by atoms with Crippen LogP contribution in [0.5, 0.6) is 0 Å². The monoisotopic (exact) mass is 195 g/mol. The average Bonchev–Trinajstić information content (AvgIpc) is 2.49. The molecule has 0 saturated heterocycles. The molecule has 1 fully saturated rings. The SMILES string of the molecule is Cn1nccc1CNCC1CC(O)C1. The number of hydrogen-bond donors (Lipinski definition) is 2. The first-order valence-electron chi connectivity index (χ1n) is 5.11. The van der Waals surface area contributed by atoms with Gasteiger partial charge in [0.15, 0.2) is 0 Å². The van der Waals surface area contributed by atoms with Crippen LogP contribution < -0.4 is 5.32 Å². The van der Waals surface area contributed by atoms with E-state index in [1.54, 1.807) is 0 Å². The maximum absolute atomic E-state index is 9.10. The fourth-order valence-corrected chi connectivity index (χ4v) is 1.85. The van der Waals surface area contributed by atoms with Crippen molar-refractivity contribution in [2.24, 2.45) is 13.0 Å². The van der Waals surface area contributed by atoms with E-state index in [0.29, 0.717) is 5.92 Å². The number of aryl methyl sites for hydroxylation is 1. The molecular formula is C10H17N3O. The summed E-state index contributed by atoms with van der Waals surface area (Å²) >= 11 is 0. The first-order valence-corrected chi connectivity index (χ1v) is 5.11. The molecule has 0 aromatic carbocycles. The second-order valence-electron chi connectivity index (χ2n) is 4.07. The van der Waals surface area contributed by atoms with E-state index in [9.17, 15) is 0 Å². The molecule has 1 aliphatic carbocycles. The minimum absolute atomic E-state index is 0.0431. The molecule has 0 amide bonds. The lowest BCUT2D eigenvalue weighted by atomic mass is 9.82. The molecule has 4 nitrogen and oxygen atoms in total. The Hall–Kier alpha value is -0.870. The van der Waals surface area contributed by atoms with Gasteiger partial charge in [-0.15, -0.1) is 0 Å². The van der Waals surface area contributed by atoms with Gasteiger partial charge in [-0.05, 0) is 31.4 Å². The zero-order valence-electron chi connectivity index (χ0n) is 8.48. The van der Waals surface area contributed by atoms with Gasteiger partial charge in [-0.1, -0.05) is 0 Å². The summed E-state index contributed by atoms with van der Waals surface area (Å²) < 4.78 is 1.88. The Kier molecular flexibility index (Phi) is 2.84. The predicted octanol–water partition coefficient (Wildman–Crippen LogP) is 0.281. The molecule has 2 N–H and O–H groups in total. The minimum atomic E-state index is -0.0431. The van der Waals surface area contributed by atoms with Crippen LogP contribution in [0.15, 0.2) is 12.3 Å². The van der Waals surface area contributed by atoms with Gasteiger partial charge in [-0.25, -0.2) is 0 Å². The summed E-state index contributed by atoms with van der Waals surface area (Å²) in [4.78, 5) is 0. The minimum Gasteiger partial charge on any atom is -0.393 e. The van der Waals surface area contributed by atoms with E-state index in [-0.39, 0.29) is 6.10 Å². The highest BCUT2D eigenvalue weighted by atomic mass is 16.3. The van der Waals surface area contributed by atoms with Crippen LogP contribution in [0.3, 0.4) is 0 Å². The number of aromatic nitrogens is 2. The first-order chi connectivity index (χ1) is 6.75. The number of nitrogens with one attached hydrogen (secondary N) is 1. The van der Waals surface area contributed by atoms with Crippen LogP contribution in [-0.2, 0) is 13.6 Å². The number of aliphatic hydroxyl groups is 1. The van der Waals surface area contributed by atoms with Crippen molar-refractivity contribution in [1.82, 2.24) is 15.1 Å². The lowest BCUT2D eigenvalue weighted by molar-refractivity contribution is 0.0429. The number of rotatable bonds is 4. The van der Waals surface area contributed by atoms with E-state index < -0.39 is 0 Å². The summed E-state index contributed by atoms with van der Waals surface area (Å²) in [6.07, 6.45) is 3.68. The van der Waals surface area contributed by atoms with Crippen LogP contribution in [0.2, 0.25) is 0 Å². The highest BCUT2D eigenvalue weighted by Crippen LogP contribution is 2.26. The second-order valence-corrected chi connectivity index (χ2v) is 4.07. The topological polar surface area (TPSA) is 50.1 Å². The lowest BCUT2D eigenvalue weighted by Gasteiger charge is -2.31. The van der Waals surface area contributed by atoms with E-state index in [2.05, 4.69) is 10.4 Å². The lowest BCUT2D eigenvalue weighted by Crippen LogP contribution is -2.36. The molecule has 1 saturated carbocycles. The molecule has 0 bridgehead atoms. The molecular weight excluding hydrogens is 178 g/mol. The van der Waals surface area contributed by atoms with Crippen molar-refractivity contribution < 1.29 is 5.11 Å². The third kappa shape index (κ3) is 2.13. The molecule has 78 valence electrons. The quantitative estimate of drug-likeness (QED) is 0.725. The van der Waals surface area contributed by atoms with E-state index in [1.807, 2.05) is 24.0 Å². The Morgan fingerprint density at radius 1 is 1.64 bits per heavy atom. The van der Waals surface area contributed by atoms with Crippen molar-refractivity contribution in [3.8, 4) is 0 Å². The summed E-state index contributed by atoms with van der Waals surface area (Å²) in [5.74, 6) is 0.665. The number of hydrogen-bond acceptors (Lipinski definition) is 3. The van der Waals surface area contributed by atoms with Gasteiger partial charge in [-0.3, -0.25) is 4.68 Å². The van der Waals surface area contributed by atoms with Gasteiger partial charge in [-0.2, -0.15) is 5.10 Å². The van der Waals surface area contributed by atoms with E-state index in [0.717, 1.165) is 25.9 Å². The summed E-state index contributed by atoms with van der Waals surface area (Å²) in [5.41, 5.74) is 1.20. The zero-order chi connectivity index (χ0) is 9.97. The Morgan fingerprint density at radius 3 is 3.00 bits per heavy atom. The van der Waals surface area contributed by atoms with E-state index >= 15 is 0 Å². The molecule has 0 atom stereocenters. The molecule has 14 heavy (non-hydrogen) atoms. The molecule has 0 unspecified atom stereocenters. The number of nitrogens with zero attached hydrogens (tertiary/aromatic N) is 2. The van der Waals surface area contributed by atoms with E-state index in [4.69, 9.17) is 5.11 Å². The molecule has 2 rings (SSSR count). The van der Waals surface area contributed by atoms with Gasteiger partial charge in [0.25, 0.3) is 0 Å². The molecule has 0 spiro atoms. The second kappa shape index (κ2) is 4.11. The average molecular weight is 195 g/mol. The van der Waals surface area contributed by atoms with Crippen LogP contribution in [0, 0.1) is 5.92 Å². The predicted molar refractivity (Wildman–Crippen MR) is 53.6 cm³/mol. The standard InChI is InChI=1S/C10H17N3O/c1-13-9(2-3-12-13)7-11-6-8-4-10(14)5-8/h2-3,8,10-11,14H,4-7H2,1H3. The Morgan fingerprint density at radius 2 is 2.43 bits per heavy atom. The maximum atomic E-state index is 9.10. The maximum Gasteiger partial charge on any atom is 0.0546 e. The highest BCUT2D eigenvalue weighted by molar-refractivity contribution is 4.99. The fourth-order valence-electron chi connectivity index (χ4n) is 1.85. The van der Waals surface area contributed by atoms with Crippen LogP contribution in [0.1, 0.15) is 18.5 Å². The fraction of sp³-hybridized carbons (Fsp3) is 0.700. The molecule has 4 heteroatoms. The van der Waals surface area contributed by atoms with Crippen LogP contribution in [0.25, 0.3) is 0 Å². The van der Waals surface area contributed by atoms with Crippen molar-refractivity contribution >= 4 is 0 Å². The Bertz CT molecular complexity index is 291. The first kappa shape index (κ1) is 9.68. The van der Waals surface area contributed by atoms with E-state index in [1.165, 1.54) is 5.69 Å². The summed E-state index contributed by atoms with van der Waals surface area (Å²) in [6.45, 7) is 1.87. The van der Waals surface area contributed by atoms with Crippen molar-refractivity contribution in [1.29, 1.82) is 0 Å². The number of aliphatic hydroxyl groups excluding tert-OH is 1. The molecule has 0 aliphatic heterocycles. The van der Waals surface area contributed by atoms with Crippen molar-refractivity contribution in [3.05, 3.63) is 18.0 Å². The Labute approximate surface area is 83.9 Å². The van der Waals surface area contributed by atoms with Crippen molar-refractivity contribution in [2.75, 3.05) is 6.54 Å². The van der Waals surface area contributed by atoms with Gasteiger partial charge >= 0.3 is 0 Å². The van der Waals surface area contributed by atoms with Crippen LogP contribution in [0.4, 0.5) is 0 Å². The van der Waals surface area contributed by atoms with Gasteiger partial charge < -0.3 is 10.4 Å². The van der Waals surface area contributed by atoms with Gasteiger partial charge in [0.2, 0.25) is 0 Å². The normalized spacial score (nSPS) is 26.1. The molecule has 0 radical (unpaired) electrons. The molecule has 1 aliphatic rings. The van der Waals surface area contributed by atoms with Crippen molar-refractivity contribution in [2.45, 2.75) is 25.5 Å². The van der Waals surface area contributed by atoms with Crippen LogP contribution >= 0.6 is 0 Å². The third-order valence-corrected chi connectivity index (χ3v) is 2.87. The van der Waals surface area contributed by atoms with Gasteiger partial charge in [0.1, 0.15) is 0 Å². The summed E-state index contributed by atoms with van der Waals surface area (Å²) in [5, 5.41) is 16.6. The zero-order valence-corrected chi connectivity index (χ0v) is 8.48. The largest absolute Gasteiger partial charge is 0.393 e. The van der Waals surface area contributed by atoms with Crippen molar-refractivity contribution in [3.63, 3.8) is 0 Å². The third-order valence-electron chi connectivity index (χ3n) is 2.87. The Balaban J connectivity index is 1.66. The van der Waals surface area contributed by atoms with Gasteiger partial charge in [0, 0.05) is 19.8 Å². The molecule has 1 aromatic heterocycles. The smallest absolute Gasteiger partial charge is 0.0546 e. The summed E-state index contributed by atoms with van der Waals surface area (Å²) in [6, 6.07) is 2.02.